The van der Waals surface area contributed by atoms with Gasteiger partial charge in [0.2, 0.25) is 0 Å². The maximum atomic E-state index is 12.0. The smallest absolute Gasteiger partial charge is 0.340 e. The summed E-state index contributed by atoms with van der Waals surface area (Å²) in [6.07, 6.45) is 3.26. The van der Waals surface area contributed by atoms with Crippen LogP contribution in [0.5, 0.6) is 0 Å². The summed E-state index contributed by atoms with van der Waals surface area (Å²) < 4.78 is 5.04. The van der Waals surface area contributed by atoms with Crippen molar-refractivity contribution in [3.8, 4) is 0 Å². The van der Waals surface area contributed by atoms with Gasteiger partial charge in [0, 0.05) is 6.04 Å². The van der Waals surface area contributed by atoms with Crippen molar-refractivity contribution >= 4 is 35.1 Å². The van der Waals surface area contributed by atoms with Gasteiger partial charge in [0.1, 0.15) is 0 Å². The van der Waals surface area contributed by atoms with Crippen LogP contribution in [0.15, 0.2) is 18.2 Å². The van der Waals surface area contributed by atoms with Crippen LogP contribution in [0.25, 0.3) is 0 Å². The van der Waals surface area contributed by atoms with Crippen LogP contribution in [0.2, 0.25) is 10.0 Å². The molecule has 1 aliphatic carbocycles. The van der Waals surface area contributed by atoms with E-state index in [1.807, 2.05) is 0 Å². The lowest BCUT2D eigenvalue weighted by atomic mass is 9.78. The van der Waals surface area contributed by atoms with Crippen molar-refractivity contribution in [2.24, 2.45) is 11.8 Å². The van der Waals surface area contributed by atoms with Crippen LogP contribution in [0, 0.1) is 11.8 Å². The quantitative estimate of drug-likeness (QED) is 0.825. The molecule has 1 saturated carbocycles. The average Bonchev–Trinajstić information content (AvgIpc) is 2.52. The lowest BCUT2D eigenvalue weighted by Gasteiger charge is -2.34. The van der Waals surface area contributed by atoms with Crippen LogP contribution in [0.3, 0.4) is 0 Å². The summed E-state index contributed by atoms with van der Waals surface area (Å²) in [5.74, 6) is 0.0628. The van der Waals surface area contributed by atoms with Crippen molar-refractivity contribution in [2.75, 3.05) is 6.61 Å². The summed E-state index contributed by atoms with van der Waals surface area (Å²) in [6.45, 7) is 4.02. The maximum absolute atomic E-state index is 12.0. The summed E-state index contributed by atoms with van der Waals surface area (Å²) in [5.41, 5.74) is 0.159. The molecule has 0 heterocycles. The Balaban J connectivity index is 1.86. The molecule has 1 aromatic carbocycles. The number of rotatable bonds is 4. The Morgan fingerprint density at radius 1 is 1.26 bits per heavy atom. The first-order valence-corrected chi connectivity index (χ1v) is 8.56. The largest absolute Gasteiger partial charge is 0.452 e. The molecular weight excluding hydrogens is 337 g/mol. The van der Waals surface area contributed by atoms with E-state index in [9.17, 15) is 9.59 Å². The third kappa shape index (κ3) is 4.61. The highest BCUT2D eigenvalue weighted by Crippen LogP contribution is 2.29. The van der Waals surface area contributed by atoms with Crippen molar-refractivity contribution < 1.29 is 14.3 Å². The van der Waals surface area contributed by atoms with Crippen molar-refractivity contribution in [1.82, 2.24) is 5.32 Å². The van der Waals surface area contributed by atoms with Gasteiger partial charge < -0.3 is 10.1 Å². The van der Waals surface area contributed by atoms with Crippen LogP contribution in [-0.2, 0) is 9.53 Å². The molecule has 3 atom stereocenters. The standard InChI is InChI=1S/C17H21Cl2NO3/c1-10-5-3-8-14(11(10)2)20-15(21)9-23-17(22)12-6-4-7-13(18)16(12)19/h4,6-7,10-11,14H,3,5,8-9H2,1-2H3,(H,20,21)/t10-,11+,14+/m1/s1. The third-order valence-electron chi connectivity index (χ3n) is 4.56. The number of hydrogen-bond donors (Lipinski definition) is 1. The lowest BCUT2D eigenvalue weighted by Crippen LogP contribution is -2.45. The topological polar surface area (TPSA) is 55.4 Å². The normalized spacial score (nSPS) is 24.1. The number of hydrogen-bond acceptors (Lipinski definition) is 3. The first kappa shape index (κ1) is 18.1. The van der Waals surface area contributed by atoms with Crippen molar-refractivity contribution in [2.45, 2.75) is 39.2 Å². The summed E-state index contributed by atoms with van der Waals surface area (Å²) in [5, 5.41) is 3.36. The molecule has 1 N–H and O–H groups in total. The predicted octanol–water partition coefficient (Wildman–Crippen LogP) is 4.09. The molecule has 1 aliphatic rings. The van der Waals surface area contributed by atoms with Gasteiger partial charge in [-0.25, -0.2) is 4.79 Å². The molecule has 0 aromatic heterocycles. The van der Waals surface area contributed by atoms with E-state index in [1.54, 1.807) is 12.1 Å². The van der Waals surface area contributed by atoms with E-state index in [1.165, 1.54) is 12.5 Å². The van der Waals surface area contributed by atoms with Gasteiger partial charge in [-0.05, 0) is 30.4 Å². The molecule has 126 valence electrons. The monoisotopic (exact) mass is 357 g/mol. The Morgan fingerprint density at radius 2 is 2.00 bits per heavy atom. The summed E-state index contributed by atoms with van der Waals surface area (Å²) in [7, 11) is 0. The van der Waals surface area contributed by atoms with Gasteiger partial charge in [0.05, 0.1) is 15.6 Å². The molecule has 0 spiro atoms. The highest BCUT2D eigenvalue weighted by molar-refractivity contribution is 6.43. The molecule has 1 fully saturated rings. The van der Waals surface area contributed by atoms with Gasteiger partial charge in [0.25, 0.3) is 5.91 Å². The van der Waals surface area contributed by atoms with Crippen LogP contribution < -0.4 is 5.32 Å². The average molecular weight is 358 g/mol. The van der Waals surface area contributed by atoms with Crippen LogP contribution in [0.4, 0.5) is 0 Å². The Kier molecular flexibility index (Phi) is 6.31. The second-order valence-electron chi connectivity index (χ2n) is 6.12. The Hall–Kier alpha value is -1.26. The molecule has 1 aromatic rings. The van der Waals surface area contributed by atoms with Gasteiger partial charge in [-0.1, -0.05) is 56.0 Å². The van der Waals surface area contributed by atoms with Crippen LogP contribution in [-0.4, -0.2) is 24.5 Å². The van der Waals surface area contributed by atoms with E-state index in [4.69, 9.17) is 27.9 Å². The molecule has 0 saturated heterocycles. The zero-order valence-corrected chi connectivity index (χ0v) is 14.8. The van der Waals surface area contributed by atoms with E-state index < -0.39 is 5.97 Å². The molecule has 1 amide bonds. The fourth-order valence-corrected chi connectivity index (χ4v) is 3.28. The summed E-state index contributed by atoms with van der Waals surface area (Å²) in [4.78, 5) is 24.0. The molecule has 0 radical (unpaired) electrons. The number of amides is 1. The number of ether oxygens (including phenoxy) is 1. The second kappa shape index (κ2) is 8.02. The minimum atomic E-state index is -0.655. The molecule has 0 aliphatic heterocycles. The summed E-state index contributed by atoms with van der Waals surface area (Å²) in [6, 6.07) is 4.84. The zero-order chi connectivity index (χ0) is 17.0. The molecular formula is C17H21Cl2NO3. The third-order valence-corrected chi connectivity index (χ3v) is 5.38. The van der Waals surface area contributed by atoms with Crippen molar-refractivity contribution in [3.05, 3.63) is 33.8 Å². The minimum Gasteiger partial charge on any atom is -0.452 e. The van der Waals surface area contributed by atoms with Crippen LogP contribution in [0.1, 0.15) is 43.5 Å². The van der Waals surface area contributed by atoms with E-state index in [-0.39, 0.29) is 34.2 Å². The van der Waals surface area contributed by atoms with Crippen LogP contribution >= 0.6 is 23.2 Å². The SMILES string of the molecule is C[C@H]1[C@H](C)CCC[C@@H]1NC(=O)COC(=O)c1cccc(Cl)c1Cl. The minimum absolute atomic E-state index is 0.134. The van der Waals surface area contributed by atoms with Gasteiger partial charge in [0.15, 0.2) is 6.61 Å². The number of halogens is 2. The van der Waals surface area contributed by atoms with E-state index in [0.717, 1.165) is 12.8 Å². The molecule has 4 nitrogen and oxygen atoms in total. The van der Waals surface area contributed by atoms with Crippen molar-refractivity contribution in [1.29, 1.82) is 0 Å². The maximum Gasteiger partial charge on any atom is 0.340 e. The van der Waals surface area contributed by atoms with Crippen molar-refractivity contribution in [3.63, 3.8) is 0 Å². The van der Waals surface area contributed by atoms with E-state index >= 15 is 0 Å². The van der Waals surface area contributed by atoms with Gasteiger partial charge in [-0.3, -0.25) is 4.79 Å². The van der Waals surface area contributed by atoms with E-state index in [0.29, 0.717) is 11.8 Å². The Morgan fingerprint density at radius 3 is 2.74 bits per heavy atom. The van der Waals surface area contributed by atoms with Gasteiger partial charge >= 0.3 is 5.97 Å². The number of carbonyl (C=O) groups excluding carboxylic acids is 2. The number of nitrogens with one attached hydrogen (secondary N) is 1. The molecule has 6 heteroatoms. The Bertz CT molecular complexity index is 591. The number of benzene rings is 1. The fraction of sp³-hybridized carbons (Fsp3) is 0.529. The van der Waals surface area contributed by atoms with Gasteiger partial charge in [-0.15, -0.1) is 0 Å². The number of esters is 1. The second-order valence-corrected chi connectivity index (χ2v) is 6.90. The first-order valence-electron chi connectivity index (χ1n) is 7.80. The highest BCUT2D eigenvalue weighted by Gasteiger charge is 2.28. The number of carbonyl (C=O) groups is 2. The van der Waals surface area contributed by atoms with E-state index in [2.05, 4.69) is 19.2 Å². The molecule has 23 heavy (non-hydrogen) atoms. The van der Waals surface area contributed by atoms with Gasteiger partial charge in [-0.2, -0.15) is 0 Å². The molecule has 2 rings (SSSR count). The fourth-order valence-electron chi connectivity index (χ4n) is 2.90. The lowest BCUT2D eigenvalue weighted by molar-refractivity contribution is -0.125. The first-order chi connectivity index (χ1) is 10.9. The predicted molar refractivity (Wildman–Crippen MR) is 90.9 cm³/mol. The molecule has 0 unspecified atom stereocenters. The zero-order valence-electron chi connectivity index (χ0n) is 13.3. The highest BCUT2D eigenvalue weighted by atomic mass is 35.5. The summed E-state index contributed by atoms with van der Waals surface area (Å²) >= 11 is 11.8. The Labute approximate surface area is 146 Å². The molecule has 0 bridgehead atoms.